The van der Waals surface area contributed by atoms with Crippen molar-refractivity contribution in [1.82, 2.24) is 5.32 Å². The quantitative estimate of drug-likeness (QED) is 0.624. The second-order valence-corrected chi connectivity index (χ2v) is 6.83. The van der Waals surface area contributed by atoms with E-state index >= 15 is 0 Å². The third-order valence-corrected chi connectivity index (χ3v) is 3.54. The number of hydrogen-bond donors (Lipinski definition) is 1. The first-order chi connectivity index (χ1) is 7.99. The Balaban J connectivity index is 1.98. The molecule has 0 aromatic rings. The van der Waals surface area contributed by atoms with Gasteiger partial charge in [-0.1, -0.05) is 47.0 Å². The Morgan fingerprint density at radius 2 is 2.00 bits per heavy atom. The normalized spacial score (nSPS) is 17.5. The molecule has 0 unspecified atom stereocenters. The molecule has 1 rings (SSSR count). The summed E-state index contributed by atoms with van der Waals surface area (Å²) < 4.78 is 5.82. The van der Waals surface area contributed by atoms with Crippen molar-refractivity contribution in [2.75, 3.05) is 26.3 Å². The number of ether oxygens (including phenoxy) is 1. The monoisotopic (exact) mass is 241 g/mol. The summed E-state index contributed by atoms with van der Waals surface area (Å²) in [7, 11) is 0. The topological polar surface area (TPSA) is 21.3 Å². The third-order valence-electron chi connectivity index (χ3n) is 3.54. The van der Waals surface area contributed by atoms with Crippen LogP contribution in [0.5, 0.6) is 0 Å². The Kier molecular flexibility index (Phi) is 6.50. The van der Waals surface area contributed by atoms with Crippen molar-refractivity contribution in [1.29, 1.82) is 0 Å². The predicted octanol–water partition coefficient (Wildman–Crippen LogP) is 3.47. The average molecular weight is 241 g/mol. The molecule has 0 spiro atoms. The minimum absolute atomic E-state index is 0.258. The van der Waals surface area contributed by atoms with E-state index in [0.717, 1.165) is 38.1 Å². The van der Waals surface area contributed by atoms with Gasteiger partial charge in [0.1, 0.15) is 0 Å². The van der Waals surface area contributed by atoms with Gasteiger partial charge in [0, 0.05) is 18.6 Å². The Morgan fingerprint density at radius 3 is 2.53 bits per heavy atom. The van der Waals surface area contributed by atoms with Crippen LogP contribution >= 0.6 is 0 Å². The fourth-order valence-corrected chi connectivity index (χ4v) is 2.13. The van der Waals surface area contributed by atoms with Crippen LogP contribution in [-0.4, -0.2) is 26.3 Å². The summed E-state index contributed by atoms with van der Waals surface area (Å²) in [6.07, 6.45) is 5.58. The van der Waals surface area contributed by atoms with Crippen molar-refractivity contribution in [2.24, 2.45) is 17.3 Å². The van der Waals surface area contributed by atoms with Gasteiger partial charge in [0.2, 0.25) is 0 Å². The molecule has 0 heterocycles. The van der Waals surface area contributed by atoms with Crippen molar-refractivity contribution in [3.8, 4) is 0 Å². The first-order valence-corrected chi connectivity index (χ1v) is 7.28. The average Bonchev–Trinajstić information content (AvgIpc) is 2.13. The van der Waals surface area contributed by atoms with Crippen LogP contribution in [-0.2, 0) is 4.74 Å². The van der Waals surface area contributed by atoms with E-state index in [1.807, 2.05) is 0 Å². The highest BCUT2D eigenvalue weighted by atomic mass is 16.5. The summed E-state index contributed by atoms with van der Waals surface area (Å²) >= 11 is 0. The van der Waals surface area contributed by atoms with E-state index in [-0.39, 0.29) is 5.41 Å². The second-order valence-electron chi connectivity index (χ2n) is 6.83. The van der Waals surface area contributed by atoms with Gasteiger partial charge in [-0.3, -0.25) is 0 Å². The van der Waals surface area contributed by atoms with Gasteiger partial charge >= 0.3 is 0 Å². The summed E-state index contributed by atoms with van der Waals surface area (Å²) in [4.78, 5) is 0. The maximum Gasteiger partial charge on any atom is 0.0529 e. The van der Waals surface area contributed by atoms with Crippen LogP contribution in [0.2, 0.25) is 0 Å². The second kappa shape index (κ2) is 7.38. The van der Waals surface area contributed by atoms with E-state index in [0.29, 0.717) is 0 Å². The van der Waals surface area contributed by atoms with Crippen LogP contribution in [0.3, 0.4) is 0 Å². The molecule has 1 aliphatic rings. The first kappa shape index (κ1) is 15.0. The third kappa shape index (κ3) is 7.05. The van der Waals surface area contributed by atoms with Crippen LogP contribution in [0.4, 0.5) is 0 Å². The fraction of sp³-hybridized carbons (Fsp3) is 1.00. The zero-order valence-corrected chi connectivity index (χ0v) is 12.2. The highest BCUT2D eigenvalue weighted by molar-refractivity contribution is 4.72. The lowest BCUT2D eigenvalue weighted by Gasteiger charge is -2.28. The van der Waals surface area contributed by atoms with Crippen molar-refractivity contribution in [3.63, 3.8) is 0 Å². The van der Waals surface area contributed by atoms with Crippen molar-refractivity contribution >= 4 is 0 Å². The lowest BCUT2D eigenvalue weighted by molar-refractivity contribution is 0.0477. The minimum Gasteiger partial charge on any atom is -0.381 e. The smallest absolute Gasteiger partial charge is 0.0529 e. The predicted molar refractivity (Wildman–Crippen MR) is 74.3 cm³/mol. The maximum atomic E-state index is 5.82. The zero-order valence-electron chi connectivity index (χ0n) is 12.2. The Hall–Kier alpha value is -0.0800. The molecule has 2 nitrogen and oxygen atoms in total. The molecule has 1 fully saturated rings. The van der Waals surface area contributed by atoms with Gasteiger partial charge < -0.3 is 10.1 Å². The molecule has 0 atom stereocenters. The Morgan fingerprint density at radius 1 is 1.29 bits per heavy atom. The van der Waals surface area contributed by atoms with E-state index in [1.165, 1.54) is 25.7 Å². The van der Waals surface area contributed by atoms with Crippen LogP contribution in [0.1, 0.15) is 53.4 Å². The molecule has 17 heavy (non-hydrogen) atoms. The molecule has 0 saturated heterocycles. The van der Waals surface area contributed by atoms with E-state index in [4.69, 9.17) is 4.74 Å². The van der Waals surface area contributed by atoms with Crippen molar-refractivity contribution in [3.05, 3.63) is 0 Å². The zero-order chi connectivity index (χ0) is 12.7. The Labute approximate surface area is 108 Å². The van der Waals surface area contributed by atoms with Gasteiger partial charge in [-0.2, -0.15) is 0 Å². The lowest BCUT2D eigenvalue weighted by atomic mass is 9.83. The minimum atomic E-state index is 0.258. The molecule has 0 aliphatic heterocycles. The standard InChI is InChI=1S/C15H31NO/c1-13(2)10-16-11-15(3,4)12-17-9-8-14-6-5-7-14/h13-14,16H,5-12H2,1-4H3. The van der Waals surface area contributed by atoms with Crippen LogP contribution in [0.25, 0.3) is 0 Å². The molecule has 1 N–H and O–H groups in total. The highest BCUT2D eigenvalue weighted by Gasteiger charge is 2.20. The van der Waals surface area contributed by atoms with Gasteiger partial charge in [-0.15, -0.1) is 0 Å². The summed E-state index contributed by atoms with van der Waals surface area (Å²) in [6.45, 7) is 13.0. The molecule has 0 amide bonds. The van der Waals surface area contributed by atoms with Gasteiger partial charge in [-0.25, -0.2) is 0 Å². The molecule has 2 heteroatoms. The summed E-state index contributed by atoms with van der Waals surface area (Å²) in [6, 6.07) is 0. The fourth-order valence-electron chi connectivity index (χ4n) is 2.13. The molecule has 0 aromatic heterocycles. The molecular formula is C15H31NO. The molecule has 0 radical (unpaired) electrons. The molecular weight excluding hydrogens is 210 g/mol. The van der Waals surface area contributed by atoms with Gasteiger partial charge in [0.15, 0.2) is 0 Å². The highest BCUT2D eigenvalue weighted by Crippen LogP contribution is 2.29. The summed E-state index contributed by atoms with van der Waals surface area (Å²) in [5, 5.41) is 3.52. The Bertz CT molecular complexity index is 197. The maximum absolute atomic E-state index is 5.82. The van der Waals surface area contributed by atoms with E-state index in [9.17, 15) is 0 Å². The molecule has 1 aliphatic carbocycles. The van der Waals surface area contributed by atoms with Gasteiger partial charge in [-0.05, 0) is 24.8 Å². The van der Waals surface area contributed by atoms with Crippen molar-refractivity contribution < 1.29 is 4.74 Å². The molecule has 102 valence electrons. The largest absolute Gasteiger partial charge is 0.381 e. The number of hydrogen-bond acceptors (Lipinski definition) is 2. The van der Waals surface area contributed by atoms with Gasteiger partial charge in [0.25, 0.3) is 0 Å². The van der Waals surface area contributed by atoms with Crippen LogP contribution < -0.4 is 5.32 Å². The SMILES string of the molecule is CC(C)CNCC(C)(C)COCCC1CCC1. The van der Waals surface area contributed by atoms with Crippen molar-refractivity contribution in [2.45, 2.75) is 53.4 Å². The molecule has 0 bridgehead atoms. The van der Waals surface area contributed by atoms with E-state index < -0.39 is 0 Å². The van der Waals surface area contributed by atoms with E-state index in [1.54, 1.807) is 0 Å². The number of nitrogens with one attached hydrogen (secondary N) is 1. The first-order valence-electron chi connectivity index (χ1n) is 7.28. The molecule has 0 aromatic carbocycles. The van der Waals surface area contributed by atoms with Crippen LogP contribution in [0, 0.1) is 17.3 Å². The summed E-state index contributed by atoms with van der Waals surface area (Å²) in [5.41, 5.74) is 0.258. The van der Waals surface area contributed by atoms with E-state index in [2.05, 4.69) is 33.0 Å². The van der Waals surface area contributed by atoms with Crippen LogP contribution in [0.15, 0.2) is 0 Å². The molecule has 1 saturated carbocycles. The summed E-state index contributed by atoms with van der Waals surface area (Å²) in [5.74, 6) is 1.70. The van der Waals surface area contributed by atoms with Gasteiger partial charge in [0.05, 0.1) is 6.61 Å². The number of rotatable bonds is 9. The lowest BCUT2D eigenvalue weighted by Crippen LogP contribution is -2.35.